The molecule has 0 atom stereocenters. The van der Waals surface area contributed by atoms with E-state index in [-0.39, 0.29) is 17.3 Å². The number of carbonyl (C=O) groups is 2. The first kappa shape index (κ1) is 17.5. The number of likely N-dealkylation sites (N-methyl/N-ethyl adjacent to an activating group) is 1. The fourth-order valence-electron chi connectivity index (χ4n) is 3.20. The molecule has 1 aliphatic heterocycles. The van der Waals surface area contributed by atoms with E-state index in [1.54, 1.807) is 39.1 Å². The number of aromatic nitrogens is 1. The van der Waals surface area contributed by atoms with Crippen molar-refractivity contribution in [3.8, 4) is 0 Å². The van der Waals surface area contributed by atoms with Gasteiger partial charge in [0, 0.05) is 38.1 Å². The molecule has 0 spiro atoms. The van der Waals surface area contributed by atoms with Crippen LogP contribution in [0, 0.1) is 10.1 Å². The van der Waals surface area contributed by atoms with Crippen molar-refractivity contribution < 1.29 is 14.5 Å². The third-order valence-corrected chi connectivity index (χ3v) is 4.76. The Morgan fingerprint density at radius 1 is 1.27 bits per heavy atom. The van der Waals surface area contributed by atoms with Gasteiger partial charge in [-0.2, -0.15) is 0 Å². The molecule has 2 aromatic rings. The summed E-state index contributed by atoms with van der Waals surface area (Å²) in [6.07, 6.45) is 2.96. The van der Waals surface area contributed by atoms with E-state index in [2.05, 4.69) is 4.98 Å². The molecule has 2 amide bonds. The summed E-state index contributed by atoms with van der Waals surface area (Å²) in [6, 6.07) is 6.00. The molecule has 0 fully saturated rings. The van der Waals surface area contributed by atoms with Gasteiger partial charge >= 0.3 is 0 Å². The van der Waals surface area contributed by atoms with Crippen molar-refractivity contribution in [1.82, 2.24) is 4.98 Å². The van der Waals surface area contributed by atoms with Gasteiger partial charge in [-0.25, -0.2) is 0 Å². The zero-order valence-corrected chi connectivity index (χ0v) is 14.9. The van der Waals surface area contributed by atoms with Gasteiger partial charge in [-0.3, -0.25) is 24.7 Å². The highest BCUT2D eigenvalue weighted by atomic mass is 16.6. The number of rotatable bonds is 3. The molecule has 8 nitrogen and oxygen atoms in total. The first-order valence-corrected chi connectivity index (χ1v) is 7.95. The molecule has 0 radical (unpaired) electrons. The van der Waals surface area contributed by atoms with Crippen molar-refractivity contribution in [3.63, 3.8) is 0 Å². The molecular weight excluding hydrogens is 336 g/mol. The Balaban J connectivity index is 2.16. The predicted molar refractivity (Wildman–Crippen MR) is 96.5 cm³/mol. The maximum atomic E-state index is 12.7. The monoisotopic (exact) mass is 354 g/mol. The number of pyridine rings is 1. The van der Waals surface area contributed by atoms with Gasteiger partial charge in [-0.1, -0.05) is 0 Å². The summed E-state index contributed by atoms with van der Waals surface area (Å²) < 4.78 is 0. The van der Waals surface area contributed by atoms with Gasteiger partial charge in [0.05, 0.1) is 16.0 Å². The van der Waals surface area contributed by atoms with Crippen molar-refractivity contribution in [1.29, 1.82) is 0 Å². The molecule has 0 bridgehead atoms. The highest BCUT2D eigenvalue weighted by Crippen LogP contribution is 2.46. The lowest BCUT2D eigenvalue weighted by Crippen LogP contribution is -2.33. The minimum Gasteiger partial charge on any atom is -0.314 e. The number of anilines is 2. The van der Waals surface area contributed by atoms with Crippen molar-refractivity contribution in [2.45, 2.75) is 19.3 Å². The number of carbonyl (C=O) groups excluding carboxylic acids is 2. The lowest BCUT2D eigenvalue weighted by molar-refractivity contribution is -0.384. The molecule has 3 rings (SSSR count). The van der Waals surface area contributed by atoms with Crippen LogP contribution in [0.3, 0.4) is 0 Å². The largest absolute Gasteiger partial charge is 0.314 e. The average molecular weight is 354 g/mol. The van der Waals surface area contributed by atoms with Crippen molar-refractivity contribution in [2.24, 2.45) is 0 Å². The quantitative estimate of drug-likeness (QED) is 0.623. The van der Waals surface area contributed by atoms with E-state index in [0.29, 0.717) is 16.8 Å². The zero-order chi connectivity index (χ0) is 19.2. The Kier molecular flexibility index (Phi) is 3.98. The zero-order valence-electron chi connectivity index (χ0n) is 14.9. The molecule has 0 aliphatic carbocycles. The number of hydrogen-bond acceptors (Lipinski definition) is 5. The minimum atomic E-state index is -0.825. The van der Waals surface area contributed by atoms with Gasteiger partial charge in [0.15, 0.2) is 0 Å². The van der Waals surface area contributed by atoms with Crippen molar-refractivity contribution >= 4 is 28.9 Å². The smallest absolute Gasteiger partial charge is 0.295 e. The third kappa shape index (κ3) is 2.50. The molecular formula is C18H18N4O4. The molecule has 8 heteroatoms. The number of benzene rings is 1. The topological polar surface area (TPSA) is 96.7 Å². The number of fused-ring (bicyclic) bond motifs is 1. The summed E-state index contributed by atoms with van der Waals surface area (Å²) in [7, 11) is 3.07. The van der Waals surface area contributed by atoms with Gasteiger partial charge in [0.25, 0.3) is 11.6 Å². The first-order valence-electron chi connectivity index (χ1n) is 7.95. The maximum Gasteiger partial charge on any atom is 0.295 e. The van der Waals surface area contributed by atoms with Crippen LogP contribution in [-0.4, -0.2) is 35.8 Å². The third-order valence-electron chi connectivity index (χ3n) is 4.76. The second kappa shape index (κ2) is 5.91. The fraction of sp³-hybridized carbons (Fsp3) is 0.278. The molecule has 134 valence electrons. The van der Waals surface area contributed by atoms with Gasteiger partial charge in [0.2, 0.25) is 5.91 Å². The average Bonchev–Trinajstić information content (AvgIpc) is 2.80. The van der Waals surface area contributed by atoms with Crippen LogP contribution in [0.2, 0.25) is 0 Å². The Hall–Kier alpha value is -3.29. The lowest BCUT2D eigenvalue weighted by atomic mass is 9.85. The molecule has 1 aliphatic rings. The molecule has 0 saturated carbocycles. The van der Waals surface area contributed by atoms with Gasteiger partial charge < -0.3 is 9.80 Å². The summed E-state index contributed by atoms with van der Waals surface area (Å²) in [5.41, 5.74) is 0.594. The van der Waals surface area contributed by atoms with Crippen LogP contribution < -0.4 is 9.80 Å². The van der Waals surface area contributed by atoms with Crippen molar-refractivity contribution in [2.75, 3.05) is 23.9 Å². The minimum absolute atomic E-state index is 0.145. The van der Waals surface area contributed by atoms with Crippen LogP contribution in [0.25, 0.3) is 0 Å². The number of nitro groups is 1. The summed E-state index contributed by atoms with van der Waals surface area (Å²) in [4.78, 5) is 42.7. The standard InChI is InChI=1S/C18H18N4O4/c1-18(2)12-9-14(20(3)16(23)11-5-7-19-8-6-11)15(22(25)26)10-13(12)21(4)17(18)24/h5-10H,1-4H3. The highest BCUT2D eigenvalue weighted by molar-refractivity contribution is 6.10. The van der Waals surface area contributed by atoms with Crippen LogP contribution in [0.4, 0.5) is 17.1 Å². The van der Waals surface area contributed by atoms with Crippen LogP contribution in [0.15, 0.2) is 36.7 Å². The first-order chi connectivity index (χ1) is 12.2. The Bertz CT molecular complexity index is 924. The molecule has 2 heterocycles. The molecule has 26 heavy (non-hydrogen) atoms. The highest BCUT2D eigenvalue weighted by Gasteiger charge is 2.44. The van der Waals surface area contributed by atoms with E-state index in [9.17, 15) is 19.7 Å². The van der Waals surface area contributed by atoms with Gasteiger partial charge in [0.1, 0.15) is 5.69 Å². The SMILES string of the molecule is CN(C(=O)c1ccncc1)c1cc2c(cc1[N+](=O)[O-])N(C)C(=O)C2(C)C. The van der Waals surface area contributed by atoms with E-state index < -0.39 is 16.2 Å². The predicted octanol–water partition coefficient (Wildman–Crippen LogP) is 2.52. The lowest BCUT2D eigenvalue weighted by Gasteiger charge is -2.21. The van der Waals surface area contributed by atoms with Crippen LogP contribution in [0.1, 0.15) is 29.8 Å². The van der Waals surface area contributed by atoms with E-state index in [1.165, 1.54) is 35.3 Å². The molecule has 0 unspecified atom stereocenters. The fourth-order valence-corrected chi connectivity index (χ4v) is 3.20. The van der Waals surface area contributed by atoms with Crippen LogP contribution in [0.5, 0.6) is 0 Å². The summed E-state index contributed by atoms with van der Waals surface area (Å²) in [6.45, 7) is 3.52. The summed E-state index contributed by atoms with van der Waals surface area (Å²) in [5.74, 6) is -0.548. The van der Waals surface area contributed by atoms with E-state index in [4.69, 9.17) is 0 Å². The second-order valence-electron chi connectivity index (χ2n) is 6.70. The maximum absolute atomic E-state index is 12.7. The van der Waals surface area contributed by atoms with Crippen molar-refractivity contribution in [3.05, 3.63) is 57.9 Å². The molecule has 1 aromatic heterocycles. The Morgan fingerprint density at radius 3 is 2.46 bits per heavy atom. The number of nitro benzene ring substituents is 1. The Morgan fingerprint density at radius 2 is 1.88 bits per heavy atom. The van der Waals surface area contributed by atoms with Crippen LogP contribution in [-0.2, 0) is 10.2 Å². The van der Waals surface area contributed by atoms with Gasteiger partial charge in [-0.15, -0.1) is 0 Å². The van der Waals surface area contributed by atoms with Gasteiger partial charge in [-0.05, 0) is 37.6 Å². The van der Waals surface area contributed by atoms with E-state index in [0.717, 1.165) is 0 Å². The van der Waals surface area contributed by atoms with Crippen LogP contribution >= 0.6 is 0 Å². The molecule has 0 saturated heterocycles. The summed E-state index contributed by atoms with van der Waals surface area (Å²) in [5, 5.41) is 11.6. The summed E-state index contributed by atoms with van der Waals surface area (Å²) >= 11 is 0. The van der Waals surface area contributed by atoms with E-state index in [1.807, 2.05) is 0 Å². The number of nitrogens with zero attached hydrogens (tertiary/aromatic N) is 4. The number of amides is 2. The second-order valence-corrected chi connectivity index (χ2v) is 6.70. The number of hydrogen-bond donors (Lipinski definition) is 0. The van der Waals surface area contributed by atoms with E-state index >= 15 is 0 Å². The molecule has 1 aromatic carbocycles. The Labute approximate surface area is 150 Å². The molecule has 0 N–H and O–H groups in total. The normalized spacial score (nSPS) is 14.9.